The fourth-order valence-electron chi connectivity index (χ4n) is 1.44. The highest BCUT2D eigenvalue weighted by Gasteiger charge is 2.90. The van der Waals surface area contributed by atoms with Crippen LogP contribution in [-0.2, 0) is 19.1 Å². The molecule has 1 atom stereocenters. The smallest absolute Gasteiger partial charge is 0.459 e. The molecule has 0 amide bonds. The number of carbonyl (C=O) groups is 2. The lowest BCUT2D eigenvalue weighted by Crippen LogP contribution is -2.70. The first-order valence-corrected chi connectivity index (χ1v) is 7.10. The fraction of sp³-hybridized carbons (Fsp3) is 0.833. The average molecular weight is 500 g/mol. The maximum absolute atomic E-state index is 13.4. The summed E-state index contributed by atoms with van der Waals surface area (Å²) in [5.74, 6) is -42.0. The number of ether oxygens (including phenoxy) is 2. The summed E-state index contributed by atoms with van der Waals surface area (Å²) >= 11 is 0. The van der Waals surface area contributed by atoms with E-state index < -0.39 is 66.9 Å². The van der Waals surface area contributed by atoms with Crippen molar-refractivity contribution in [2.75, 3.05) is 6.61 Å². The Morgan fingerprint density at radius 1 is 0.710 bits per heavy atom. The van der Waals surface area contributed by atoms with Crippen molar-refractivity contribution in [2.45, 2.75) is 55.2 Å². The number of rotatable bonds is 10. The molecule has 0 aliphatic rings. The molecule has 0 aromatic rings. The predicted molar refractivity (Wildman–Crippen MR) is 63.1 cm³/mol. The van der Waals surface area contributed by atoms with E-state index in [1.807, 2.05) is 0 Å². The second-order valence-corrected chi connectivity index (χ2v) is 5.42. The second kappa shape index (κ2) is 8.19. The Labute approximate surface area is 160 Å². The van der Waals surface area contributed by atoms with E-state index in [1.165, 1.54) is 4.74 Å². The Hall–Kier alpha value is -1.95. The van der Waals surface area contributed by atoms with Crippen LogP contribution < -0.4 is 0 Å². The van der Waals surface area contributed by atoms with Crippen molar-refractivity contribution in [1.29, 1.82) is 0 Å². The van der Waals surface area contributed by atoms with E-state index in [1.54, 1.807) is 0 Å². The Morgan fingerprint density at radius 2 is 1.13 bits per heavy atom. The highest BCUT2D eigenvalue weighted by Crippen LogP contribution is 2.58. The molecule has 0 N–H and O–H groups in total. The summed E-state index contributed by atoms with van der Waals surface area (Å²) in [6.07, 6.45) is -15.6. The zero-order chi connectivity index (χ0) is 25.5. The first kappa shape index (κ1) is 29.1. The first-order chi connectivity index (χ1) is 13.4. The van der Waals surface area contributed by atoms with Crippen LogP contribution in [0.25, 0.3) is 0 Å². The number of halogens is 15. The van der Waals surface area contributed by atoms with Crippen LogP contribution in [0.2, 0.25) is 0 Å². The van der Waals surface area contributed by atoms with Gasteiger partial charge < -0.3 is 4.74 Å². The lowest BCUT2D eigenvalue weighted by molar-refractivity contribution is -0.481. The summed E-state index contributed by atoms with van der Waals surface area (Å²) < 4.78 is 200. The van der Waals surface area contributed by atoms with Gasteiger partial charge in [-0.15, -0.1) is 0 Å². The standard InChI is InChI=1S/C12H7F15O4/c1-2-3-30-5(29)6(14,15)8(17,18)9(19,20)10(21,22)12(26,27)31-7(16,4(13)28)11(23,24)25/h2-3H2,1H3. The van der Waals surface area contributed by atoms with Gasteiger partial charge in [-0.1, -0.05) is 6.92 Å². The highest BCUT2D eigenvalue weighted by atomic mass is 19.4. The third-order valence-corrected chi connectivity index (χ3v) is 3.13. The van der Waals surface area contributed by atoms with Crippen LogP contribution in [0.15, 0.2) is 0 Å². The Bertz CT molecular complexity index is 686. The molecule has 1 unspecified atom stereocenters. The van der Waals surface area contributed by atoms with Gasteiger partial charge in [0.1, 0.15) is 0 Å². The summed E-state index contributed by atoms with van der Waals surface area (Å²) in [6.45, 7) is -0.138. The van der Waals surface area contributed by atoms with Crippen LogP contribution in [0.4, 0.5) is 65.9 Å². The lowest BCUT2D eigenvalue weighted by atomic mass is 9.97. The number of hydrogen-bond donors (Lipinski definition) is 0. The fourth-order valence-corrected chi connectivity index (χ4v) is 1.44. The molecule has 19 heteroatoms. The molecule has 0 fully saturated rings. The summed E-state index contributed by atoms with van der Waals surface area (Å²) in [5, 5.41) is 0. The van der Waals surface area contributed by atoms with E-state index in [9.17, 15) is 75.4 Å². The van der Waals surface area contributed by atoms with E-state index in [4.69, 9.17) is 0 Å². The molecule has 0 saturated carbocycles. The monoisotopic (exact) mass is 500 g/mol. The highest BCUT2D eigenvalue weighted by molar-refractivity contribution is 5.79. The zero-order valence-corrected chi connectivity index (χ0v) is 14.2. The van der Waals surface area contributed by atoms with E-state index in [0.717, 1.165) is 6.92 Å². The zero-order valence-electron chi connectivity index (χ0n) is 14.2. The van der Waals surface area contributed by atoms with Gasteiger partial charge in [-0.3, -0.25) is 9.53 Å². The molecule has 0 saturated heterocycles. The summed E-state index contributed by atoms with van der Waals surface area (Å²) in [6, 6.07) is -4.67. The lowest BCUT2D eigenvalue weighted by Gasteiger charge is -2.39. The minimum Gasteiger partial charge on any atom is -0.461 e. The molecule has 0 aromatic heterocycles. The normalized spacial score (nSPS) is 16.6. The van der Waals surface area contributed by atoms with Crippen molar-refractivity contribution in [2.24, 2.45) is 0 Å². The van der Waals surface area contributed by atoms with Crippen molar-refractivity contribution in [3.05, 3.63) is 0 Å². The Balaban J connectivity index is 6.43. The molecular weight excluding hydrogens is 493 g/mol. The summed E-state index contributed by atoms with van der Waals surface area (Å²) in [5.41, 5.74) is 0. The second-order valence-electron chi connectivity index (χ2n) is 5.42. The molecular formula is C12H7F15O4. The van der Waals surface area contributed by atoms with Crippen molar-refractivity contribution in [3.63, 3.8) is 0 Å². The first-order valence-electron chi connectivity index (χ1n) is 7.10. The maximum atomic E-state index is 13.4. The van der Waals surface area contributed by atoms with Gasteiger partial charge in [0.05, 0.1) is 6.61 Å². The topological polar surface area (TPSA) is 52.6 Å². The van der Waals surface area contributed by atoms with Crippen LogP contribution in [0, 0.1) is 0 Å². The van der Waals surface area contributed by atoms with Crippen LogP contribution in [0.5, 0.6) is 0 Å². The maximum Gasteiger partial charge on any atom is 0.459 e. The molecule has 0 aliphatic heterocycles. The molecule has 0 spiro atoms. The third kappa shape index (κ3) is 4.50. The van der Waals surface area contributed by atoms with Gasteiger partial charge >= 0.3 is 53.8 Å². The number of esters is 1. The van der Waals surface area contributed by atoms with E-state index in [0.29, 0.717) is 0 Å². The molecule has 0 aromatic carbocycles. The van der Waals surface area contributed by atoms with Gasteiger partial charge in [0.25, 0.3) is 0 Å². The van der Waals surface area contributed by atoms with E-state index >= 15 is 0 Å². The summed E-state index contributed by atoms with van der Waals surface area (Å²) in [4.78, 5) is 20.7. The van der Waals surface area contributed by atoms with E-state index in [2.05, 4.69) is 4.74 Å². The minimum absolute atomic E-state index is 0.418. The molecule has 4 nitrogen and oxygen atoms in total. The van der Waals surface area contributed by atoms with Gasteiger partial charge in [0.2, 0.25) is 0 Å². The van der Waals surface area contributed by atoms with Crippen LogP contribution >= 0.6 is 0 Å². The number of carbonyl (C=O) groups excluding carboxylic acids is 2. The van der Waals surface area contributed by atoms with Crippen molar-refractivity contribution in [3.8, 4) is 0 Å². The average Bonchev–Trinajstić information content (AvgIpc) is 2.57. The quantitative estimate of drug-likeness (QED) is 0.246. The minimum atomic E-state index is -8.21. The predicted octanol–water partition coefficient (Wildman–Crippen LogP) is 4.81. The van der Waals surface area contributed by atoms with E-state index in [-0.39, 0.29) is 0 Å². The van der Waals surface area contributed by atoms with Crippen molar-refractivity contribution in [1.82, 2.24) is 0 Å². The SMILES string of the molecule is CCCOC(=O)C(F)(F)C(F)(F)C(F)(F)C(F)(F)C(F)(F)OC(F)(C(=O)F)C(F)(F)F. The van der Waals surface area contributed by atoms with Gasteiger partial charge in [-0.05, 0) is 6.42 Å². The Kier molecular flexibility index (Phi) is 7.68. The van der Waals surface area contributed by atoms with Crippen molar-refractivity contribution >= 4 is 12.0 Å². The van der Waals surface area contributed by atoms with Crippen LogP contribution in [0.1, 0.15) is 13.3 Å². The van der Waals surface area contributed by atoms with Gasteiger partial charge in [0, 0.05) is 0 Å². The van der Waals surface area contributed by atoms with Gasteiger partial charge in [0.15, 0.2) is 0 Å². The molecule has 31 heavy (non-hydrogen) atoms. The third-order valence-electron chi connectivity index (χ3n) is 3.13. The molecule has 0 radical (unpaired) electrons. The molecule has 0 aliphatic carbocycles. The summed E-state index contributed by atoms with van der Waals surface area (Å²) in [7, 11) is 0. The van der Waals surface area contributed by atoms with Gasteiger partial charge in [-0.25, -0.2) is 4.79 Å². The molecule has 0 bridgehead atoms. The van der Waals surface area contributed by atoms with Crippen LogP contribution in [0.3, 0.4) is 0 Å². The number of alkyl halides is 14. The number of hydrogen-bond acceptors (Lipinski definition) is 4. The van der Waals surface area contributed by atoms with Crippen molar-refractivity contribution < 1.29 is 84.9 Å². The van der Waals surface area contributed by atoms with Crippen LogP contribution in [-0.4, -0.2) is 60.4 Å². The molecule has 0 heterocycles. The Morgan fingerprint density at radius 3 is 1.45 bits per heavy atom. The van der Waals surface area contributed by atoms with Gasteiger partial charge in [-0.2, -0.15) is 65.9 Å². The molecule has 184 valence electrons. The molecule has 0 rings (SSSR count). The largest absolute Gasteiger partial charge is 0.461 e.